The van der Waals surface area contributed by atoms with Crippen LogP contribution in [0.3, 0.4) is 0 Å². The van der Waals surface area contributed by atoms with Crippen LogP contribution in [-0.2, 0) is 14.8 Å². The maximum atomic E-state index is 13.5. The second-order valence-electron chi connectivity index (χ2n) is 5.23. The van der Waals surface area contributed by atoms with Crippen molar-refractivity contribution in [3.05, 3.63) is 24.0 Å². The Balaban J connectivity index is 0.00000264. The Morgan fingerprint density at radius 1 is 1.39 bits per heavy atom. The van der Waals surface area contributed by atoms with Gasteiger partial charge in [-0.3, -0.25) is 0 Å². The highest BCUT2D eigenvalue weighted by Crippen LogP contribution is 2.33. The van der Waals surface area contributed by atoms with Crippen molar-refractivity contribution in [1.82, 2.24) is 4.72 Å². The molecular formula is C14H22ClFN2O4S. The zero-order chi connectivity index (χ0) is 16.2. The molecule has 0 radical (unpaired) electrons. The molecule has 1 aromatic rings. The minimum atomic E-state index is -3.90. The van der Waals surface area contributed by atoms with Crippen LogP contribution in [0.4, 0.5) is 4.39 Å². The fourth-order valence-corrected chi connectivity index (χ4v) is 3.62. The summed E-state index contributed by atoms with van der Waals surface area (Å²) in [6, 6.07) is 3.07. The molecule has 0 bridgehead atoms. The number of nitrogens with two attached hydrogens (primary N) is 1. The molecule has 9 heteroatoms. The monoisotopic (exact) mass is 368 g/mol. The van der Waals surface area contributed by atoms with E-state index in [-0.39, 0.29) is 48.2 Å². The fourth-order valence-electron chi connectivity index (χ4n) is 2.14. The highest BCUT2D eigenvalue weighted by Gasteiger charge is 2.34. The summed E-state index contributed by atoms with van der Waals surface area (Å²) in [5.74, 6) is -0.293. The van der Waals surface area contributed by atoms with Crippen molar-refractivity contribution < 1.29 is 22.3 Å². The smallest absolute Gasteiger partial charge is 0.244 e. The molecule has 1 unspecified atom stereocenters. The van der Waals surface area contributed by atoms with Gasteiger partial charge >= 0.3 is 0 Å². The van der Waals surface area contributed by atoms with E-state index in [0.29, 0.717) is 6.61 Å². The number of benzene rings is 1. The Morgan fingerprint density at radius 3 is 2.65 bits per heavy atom. The zero-order valence-electron chi connectivity index (χ0n) is 12.8. The predicted octanol–water partition coefficient (Wildman–Crippen LogP) is 1.29. The lowest BCUT2D eigenvalue weighted by Gasteiger charge is -2.18. The van der Waals surface area contributed by atoms with E-state index in [2.05, 4.69) is 4.72 Å². The van der Waals surface area contributed by atoms with Gasteiger partial charge in [0.25, 0.3) is 0 Å². The van der Waals surface area contributed by atoms with Gasteiger partial charge < -0.3 is 15.2 Å². The molecule has 23 heavy (non-hydrogen) atoms. The largest absolute Gasteiger partial charge is 0.490 e. The van der Waals surface area contributed by atoms with Crippen LogP contribution in [0.1, 0.15) is 12.8 Å². The van der Waals surface area contributed by atoms with E-state index >= 15 is 0 Å². The van der Waals surface area contributed by atoms with Crippen LogP contribution in [0.5, 0.6) is 5.75 Å². The lowest BCUT2D eigenvalue weighted by molar-refractivity contribution is 0.144. The number of methoxy groups -OCH3 is 1. The van der Waals surface area contributed by atoms with Crippen LogP contribution in [0.2, 0.25) is 0 Å². The van der Waals surface area contributed by atoms with Crippen LogP contribution in [0, 0.1) is 11.7 Å². The van der Waals surface area contributed by atoms with E-state index in [1.165, 1.54) is 13.2 Å². The maximum absolute atomic E-state index is 13.5. The van der Waals surface area contributed by atoms with Crippen molar-refractivity contribution in [2.75, 3.05) is 26.9 Å². The van der Waals surface area contributed by atoms with E-state index in [0.717, 1.165) is 25.0 Å². The molecule has 0 aliphatic heterocycles. The van der Waals surface area contributed by atoms with Crippen LogP contribution in [0.25, 0.3) is 0 Å². The maximum Gasteiger partial charge on any atom is 0.244 e. The van der Waals surface area contributed by atoms with Crippen molar-refractivity contribution >= 4 is 22.4 Å². The van der Waals surface area contributed by atoms with Gasteiger partial charge in [0.05, 0.1) is 6.61 Å². The Kier molecular flexibility index (Phi) is 7.69. The predicted molar refractivity (Wildman–Crippen MR) is 86.9 cm³/mol. The van der Waals surface area contributed by atoms with Crippen LogP contribution >= 0.6 is 12.4 Å². The summed E-state index contributed by atoms with van der Waals surface area (Å²) in [7, 11) is -2.39. The van der Waals surface area contributed by atoms with Crippen molar-refractivity contribution in [1.29, 1.82) is 0 Å². The van der Waals surface area contributed by atoms with Gasteiger partial charge in [0.1, 0.15) is 23.1 Å². The van der Waals surface area contributed by atoms with E-state index in [1.54, 1.807) is 0 Å². The molecule has 0 amide bonds. The Bertz CT molecular complexity index is 611. The molecule has 0 aromatic heterocycles. The summed E-state index contributed by atoms with van der Waals surface area (Å²) in [4.78, 5) is -0.220. The SMILES string of the molecule is COCCOc1ccc(F)cc1S(=O)(=O)NC(CN)C1CC1.Cl. The molecule has 1 aliphatic carbocycles. The van der Waals surface area contributed by atoms with Gasteiger partial charge in [0, 0.05) is 19.7 Å². The molecule has 132 valence electrons. The van der Waals surface area contributed by atoms with Gasteiger partial charge in [-0.2, -0.15) is 0 Å². The number of halogens is 2. The topological polar surface area (TPSA) is 90.6 Å². The second-order valence-corrected chi connectivity index (χ2v) is 6.92. The molecule has 1 aromatic carbocycles. The molecule has 1 aliphatic rings. The first-order valence-corrected chi connectivity index (χ1v) is 8.60. The molecule has 3 N–H and O–H groups in total. The number of nitrogens with one attached hydrogen (secondary N) is 1. The van der Waals surface area contributed by atoms with Crippen LogP contribution < -0.4 is 15.2 Å². The first-order chi connectivity index (χ1) is 10.5. The van der Waals surface area contributed by atoms with Crippen LogP contribution in [0.15, 0.2) is 23.1 Å². The number of rotatable bonds is 9. The summed E-state index contributed by atoms with van der Waals surface area (Å²) in [5, 5.41) is 0. The highest BCUT2D eigenvalue weighted by molar-refractivity contribution is 7.89. The lowest BCUT2D eigenvalue weighted by Crippen LogP contribution is -2.41. The molecule has 0 heterocycles. The molecule has 0 saturated heterocycles. The van der Waals surface area contributed by atoms with Gasteiger partial charge in [0.15, 0.2) is 0 Å². The Morgan fingerprint density at radius 2 is 2.09 bits per heavy atom. The van der Waals surface area contributed by atoms with Crippen LogP contribution in [-0.4, -0.2) is 41.3 Å². The zero-order valence-corrected chi connectivity index (χ0v) is 14.5. The van der Waals surface area contributed by atoms with Crippen molar-refractivity contribution in [3.8, 4) is 5.75 Å². The van der Waals surface area contributed by atoms with Gasteiger partial charge in [-0.25, -0.2) is 17.5 Å². The summed E-state index contributed by atoms with van der Waals surface area (Å²) in [6.45, 7) is 0.685. The first-order valence-electron chi connectivity index (χ1n) is 7.11. The quantitative estimate of drug-likeness (QED) is 0.641. The summed E-state index contributed by atoms with van der Waals surface area (Å²) >= 11 is 0. The van der Waals surface area contributed by atoms with Crippen molar-refractivity contribution in [2.24, 2.45) is 11.7 Å². The average Bonchev–Trinajstić information content (AvgIpc) is 3.31. The molecular weight excluding hydrogens is 347 g/mol. The third kappa shape index (κ3) is 5.58. The third-order valence-corrected chi connectivity index (χ3v) is 5.00. The number of hydrogen-bond donors (Lipinski definition) is 2. The summed E-state index contributed by atoms with van der Waals surface area (Å²) in [6.07, 6.45) is 1.90. The normalized spacial score (nSPS) is 15.8. The van der Waals surface area contributed by atoms with E-state index < -0.39 is 15.8 Å². The standard InChI is InChI=1S/C14H21FN2O4S.ClH/c1-20-6-7-21-13-5-4-11(15)8-14(13)22(18,19)17-12(9-16)10-2-3-10;/h4-5,8,10,12,17H,2-3,6-7,9,16H2,1H3;1H. The summed E-state index contributed by atoms with van der Waals surface area (Å²) < 4.78 is 51.2. The molecule has 2 rings (SSSR count). The molecule has 6 nitrogen and oxygen atoms in total. The number of hydrogen-bond acceptors (Lipinski definition) is 5. The number of sulfonamides is 1. The van der Waals surface area contributed by atoms with Gasteiger partial charge in [-0.1, -0.05) is 0 Å². The Hall–Kier alpha value is -0.930. The molecule has 1 atom stereocenters. The minimum absolute atomic E-state index is 0. The third-order valence-electron chi connectivity index (χ3n) is 3.49. The van der Waals surface area contributed by atoms with Crippen molar-refractivity contribution in [2.45, 2.75) is 23.8 Å². The number of ether oxygens (including phenoxy) is 2. The van der Waals surface area contributed by atoms with Gasteiger partial charge in [0.2, 0.25) is 10.0 Å². The minimum Gasteiger partial charge on any atom is -0.490 e. The Labute approximate surface area is 142 Å². The molecule has 1 saturated carbocycles. The summed E-state index contributed by atoms with van der Waals surface area (Å²) in [5.41, 5.74) is 5.62. The van der Waals surface area contributed by atoms with E-state index in [1.807, 2.05) is 0 Å². The second kappa shape index (κ2) is 8.79. The fraction of sp³-hybridized carbons (Fsp3) is 0.571. The van der Waals surface area contributed by atoms with Gasteiger partial charge in [-0.15, -0.1) is 12.4 Å². The molecule has 0 spiro atoms. The van der Waals surface area contributed by atoms with E-state index in [4.69, 9.17) is 15.2 Å². The van der Waals surface area contributed by atoms with Gasteiger partial charge in [-0.05, 0) is 37.0 Å². The highest BCUT2D eigenvalue weighted by atomic mass is 35.5. The first kappa shape index (κ1) is 20.1. The average molecular weight is 369 g/mol. The van der Waals surface area contributed by atoms with Crippen molar-refractivity contribution in [3.63, 3.8) is 0 Å². The van der Waals surface area contributed by atoms with E-state index in [9.17, 15) is 12.8 Å². The lowest BCUT2D eigenvalue weighted by atomic mass is 10.2. The molecule has 1 fully saturated rings.